The van der Waals surface area contributed by atoms with Crippen LogP contribution in [0.25, 0.3) is 0 Å². The average molecular weight is 302 g/mol. The second-order valence-electron chi connectivity index (χ2n) is 1.34. The monoisotopic (exact) mass is 302 g/mol. The SMILES string of the molecule is O=C([O-])/C(=C/F)OP(=O)(O)O.[K+].[K+].[K+]. The molecule has 0 aromatic heterocycles. The van der Waals surface area contributed by atoms with Crippen molar-refractivity contribution < 1.29 is 187 Å². The van der Waals surface area contributed by atoms with Crippen molar-refractivity contribution in [2.75, 3.05) is 0 Å². The van der Waals surface area contributed by atoms with Gasteiger partial charge in [0.25, 0.3) is 0 Å². The number of hydrogen-bond acceptors (Lipinski definition) is 4. The molecule has 0 atom stereocenters. The van der Waals surface area contributed by atoms with Crippen LogP contribution < -0.4 is 159 Å². The van der Waals surface area contributed by atoms with Gasteiger partial charge in [-0.25, -0.2) is 8.96 Å². The van der Waals surface area contributed by atoms with Crippen LogP contribution >= 0.6 is 7.82 Å². The molecule has 0 radical (unpaired) electrons. The van der Waals surface area contributed by atoms with E-state index in [0.717, 1.165) is 0 Å². The summed E-state index contributed by atoms with van der Waals surface area (Å²) < 4.78 is 24.6. The number of halogens is 1. The Balaban J connectivity index is -0.000000167. The molecule has 0 fully saturated rings. The fraction of sp³-hybridized carbons (Fsp3) is 0. The van der Waals surface area contributed by atoms with Gasteiger partial charge in [0.2, 0.25) is 0 Å². The minimum Gasteiger partial charge on any atom is -0.541 e. The summed E-state index contributed by atoms with van der Waals surface area (Å²) in [7, 11) is -5.02. The molecule has 6 nitrogen and oxygen atoms in total. The Hall–Kier alpha value is 4.00. The molecular formula is C3H3FK3O6P+2. The minimum absolute atomic E-state index is 0. The maximum Gasteiger partial charge on any atom is 1.00 e. The van der Waals surface area contributed by atoms with Crippen LogP contribution in [-0.4, -0.2) is 15.8 Å². The van der Waals surface area contributed by atoms with E-state index in [9.17, 15) is 18.9 Å². The first kappa shape index (κ1) is 26.5. The molecule has 2 N–H and O–H groups in total. The van der Waals surface area contributed by atoms with Gasteiger partial charge in [0, 0.05) is 0 Å². The molecule has 0 saturated carbocycles. The molecule has 64 valence electrons. The van der Waals surface area contributed by atoms with Crippen molar-refractivity contribution in [3.8, 4) is 0 Å². The third-order valence-corrected chi connectivity index (χ3v) is 0.952. The largest absolute Gasteiger partial charge is 1.00 e. The van der Waals surface area contributed by atoms with E-state index in [4.69, 9.17) is 9.79 Å². The van der Waals surface area contributed by atoms with Crippen LogP contribution in [0.2, 0.25) is 0 Å². The molecule has 0 saturated heterocycles. The van der Waals surface area contributed by atoms with Gasteiger partial charge in [0.15, 0.2) is 5.76 Å². The summed E-state index contributed by atoms with van der Waals surface area (Å²) in [6.07, 6.45) is -0.617. The summed E-state index contributed by atoms with van der Waals surface area (Å²) in [5.41, 5.74) is 0. The maximum atomic E-state index is 11.4. The molecular weight excluding hydrogens is 299 g/mol. The number of aliphatic carboxylic acids is 1. The van der Waals surface area contributed by atoms with E-state index in [1.807, 2.05) is 0 Å². The van der Waals surface area contributed by atoms with E-state index < -0.39 is 25.9 Å². The predicted molar refractivity (Wildman–Crippen MR) is 27.3 cm³/mol. The number of phosphoric ester groups is 1. The fourth-order valence-corrected chi connectivity index (χ4v) is 0.600. The molecule has 0 unspecified atom stereocenters. The van der Waals surface area contributed by atoms with Crippen LogP contribution in [-0.2, 0) is 13.9 Å². The van der Waals surface area contributed by atoms with Crippen LogP contribution in [0.3, 0.4) is 0 Å². The van der Waals surface area contributed by atoms with Crippen LogP contribution in [0.5, 0.6) is 0 Å². The van der Waals surface area contributed by atoms with E-state index in [2.05, 4.69) is 4.52 Å². The fourth-order valence-electron chi connectivity index (χ4n) is 0.230. The van der Waals surface area contributed by atoms with Crippen molar-refractivity contribution in [1.82, 2.24) is 0 Å². The van der Waals surface area contributed by atoms with Crippen molar-refractivity contribution in [1.29, 1.82) is 0 Å². The number of rotatable bonds is 3. The summed E-state index contributed by atoms with van der Waals surface area (Å²) in [4.78, 5) is 25.6. The molecule has 14 heavy (non-hydrogen) atoms. The molecule has 11 heteroatoms. The average Bonchev–Trinajstić information content (AvgIpc) is 1.80. The van der Waals surface area contributed by atoms with Crippen molar-refractivity contribution in [2.24, 2.45) is 0 Å². The zero-order valence-corrected chi connectivity index (χ0v) is 18.2. The van der Waals surface area contributed by atoms with E-state index in [1.165, 1.54) is 0 Å². The predicted octanol–water partition coefficient (Wildman–Crippen LogP) is -10.3. The third-order valence-electron chi connectivity index (χ3n) is 0.518. The molecule has 0 aliphatic rings. The van der Waals surface area contributed by atoms with Crippen molar-refractivity contribution >= 4 is 13.8 Å². The first-order valence-electron chi connectivity index (χ1n) is 2.13. The van der Waals surface area contributed by atoms with Crippen molar-refractivity contribution in [3.05, 3.63) is 12.1 Å². The summed E-state index contributed by atoms with van der Waals surface area (Å²) in [5, 5.41) is 9.72. The molecule has 0 amide bonds. The van der Waals surface area contributed by atoms with E-state index in [1.54, 1.807) is 0 Å². The second-order valence-corrected chi connectivity index (χ2v) is 2.51. The van der Waals surface area contributed by atoms with E-state index in [-0.39, 0.29) is 154 Å². The first-order valence-corrected chi connectivity index (χ1v) is 3.66. The summed E-state index contributed by atoms with van der Waals surface area (Å²) in [5.74, 6) is -3.69. The van der Waals surface area contributed by atoms with Crippen LogP contribution in [0.15, 0.2) is 12.1 Å². The van der Waals surface area contributed by atoms with Gasteiger partial charge >= 0.3 is 162 Å². The molecule has 0 heterocycles. The summed E-state index contributed by atoms with van der Waals surface area (Å²) in [6.45, 7) is 0. The molecule has 0 bridgehead atoms. The Labute approximate surface area is 207 Å². The Bertz CT molecular complexity index is 238. The zero-order chi connectivity index (χ0) is 9.07. The van der Waals surface area contributed by atoms with Gasteiger partial charge in [-0.2, -0.15) is 0 Å². The number of hydrogen-bond donors (Lipinski definition) is 2. The molecule has 0 aliphatic carbocycles. The topological polar surface area (TPSA) is 107 Å². The van der Waals surface area contributed by atoms with Crippen LogP contribution in [0, 0.1) is 0 Å². The standard InChI is InChI=1S/C3H4FO6P.3K/c4-1-2(3(5)6)10-11(7,8)9;;;/h1H,(H,5,6)(H2,7,8,9);;;/q;3*+1/p-1/b2-1-;;;. The molecule has 0 aromatic carbocycles. The van der Waals surface area contributed by atoms with Gasteiger partial charge in [-0.3, -0.25) is 9.79 Å². The van der Waals surface area contributed by atoms with Gasteiger partial charge in [0.1, 0.15) is 12.3 Å². The van der Waals surface area contributed by atoms with Gasteiger partial charge in [-0.1, -0.05) is 0 Å². The Kier molecular flexibility index (Phi) is 25.5. The Morgan fingerprint density at radius 1 is 1.36 bits per heavy atom. The van der Waals surface area contributed by atoms with Gasteiger partial charge in [0.05, 0.1) is 0 Å². The van der Waals surface area contributed by atoms with Gasteiger partial charge < -0.3 is 14.4 Å². The minimum atomic E-state index is -5.02. The van der Waals surface area contributed by atoms with Crippen LogP contribution in [0.4, 0.5) is 4.39 Å². The third kappa shape index (κ3) is 16.0. The Morgan fingerprint density at radius 3 is 1.79 bits per heavy atom. The normalized spacial score (nSPS) is 10.1. The number of carboxylic acid groups (broad SMARTS) is 1. The summed E-state index contributed by atoms with van der Waals surface area (Å²) >= 11 is 0. The van der Waals surface area contributed by atoms with Crippen molar-refractivity contribution in [2.45, 2.75) is 0 Å². The van der Waals surface area contributed by atoms with Crippen LogP contribution in [0.1, 0.15) is 0 Å². The van der Waals surface area contributed by atoms with Gasteiger partial charge in [-0.15, -0.1) is 0 Å². The number of phosphoric acid groups is 1. The summed E-state index contributed by atoms with van der Waals surface area (Å²) in [6, 6.07) is 0. The van der Waals surface area contributed by atoms with E-state index >= 15 is 0 Å². The number of carbonyl (C=O) groups excluding carboxylic acids is 1. The number of carboxylic acids is 1. The maximum absolute atomic E-state index is 11.4. The number of carbonyl (C=O) groups is 1. The van der Waals surface area contributed by atoms with Crippen molar-refractivity contribution in [3.63, 3.8) is 0 Å². The molecule has 0 aliphatic heterocycles. The van der Waals surface area contributed by atoms with Gasteiger partial charge in [-0.05, 0) is 0 Å². The van der Waals surface area contributed by atoms with E-state index in [0.29, 0.717) is 0 Å². The Morgan fingerprint density at radius 2 is 1.71 bits per heavy atom. The first-order chi connectivity index (χ1) is 4.87. The smallest absolute Gasteiger partial charge is 0.541 e. The zero-order valence-electron chi connectivity index (χ0n) is 7.93. The quantitative estimate of drug-likeness (QED) is 0.232. The molecule has 0 rings (SSSR count). The molecule has 0 aromatic rings. The second kappa shape index (κ2) is 13.4. The molecule has 0 spiro atoms.